The fraction of sp³-hybridized carbons (Fsp3) is 0.417. The predicted molar refractivity (Wildman–Crippen MR) is 66.5 cm³/mol. The Morgan fingerprint density at radius 1 is 1.39 bits per heavy atom. The zero-order valence-electron chi connectivity index (χ0n) is 9.99. The second kappa shape index (κ2) is 8.00. The molecule has 0 aliphatic heterocycles. The molecular formula is C12H16ClF2NO2. The third-order valence-electron chi connectivity index (χ3n) is 2.37. The van der Waals surface area contributed by atoms with E-state index in [1.165, 1.54) is 6.07 Å². The van der Waals surface area contributed by atoms with E-state index >= 15 is 0 Å². The summed E-state index contributed by atoms with van der Waals surface area (Å²) in [6.07, 6.45) is 0.243. The predicted octanol–water partition coefficient (Wildman–Crippen LogP) is 2.07. The largest absolute Gasteiger partial charge is 0.466 e. The van der Waals surface area contributed by atoms with Gasteiger partial charge in [-0.1, -0.05) is 6.07 Å². The van der Waals surface area contributed by atoms with E-state index in [0.29, 0.717) is 5.56 Å². The van der Waals surface area contributed by atoms with Crippen LogP contribution in [0.1, 0.15) is 12.5 Å². The molecule has 0 amide bonds. The van der Waals surface area contributed by atoms with Crippen LogP contribution in [0.4, 0.5) is 8.78 Å². The van der Waals surface area contributed by atoms with Crippen LogP contribution in [-0.2, 0) is 16.0 Å². The Kier molecular flexibility index (Phi) is 7.47. The van der Waals surface area contributed by atoms with Crippen LogP contribution in [0.3, 0.4) is 0 Å². The SMILES string of the molecule is CCOC(=O)C(CN)Cc1ccc(F)c(F)c1.Cl. The van der Waals surface area contributed by atoms with Crippen LogP contribution in [0.5, 0.6) is 0 Å². The number of hydrogen-bond acceptors (Lipinski definition) is 3. The summed E-state index contributed by atoms with van der Waals surface area (Å²) in [7, 11) is 0. The number of carbonyl (C=O) groups is 1. The summed E-state index contributed by atoms with van der Waals surface area (Å²) in [5, 5.41) is 0. The summed E-state index contributed by atoms with van der Waals surface area (Å²) in [6.45, 7) is 2.08. The molecule has 0 aromatic heterocycles. The maximum absolute atomic E-state index is 13.0. The second-order valence-corrected chi connectivity index (χ2v) is 3.64. The third kappa shape index (κ3) is 4.58. The molecule has 0 aliphatic rings. The monoisotopic (exact) mass is 279 g/mol. The summed E-state index contributed by atoms with van der Waals surface area (Å²) in [4.78, 5) is 11.5. The van der Waals surface area contributed by atoms with Gasteiger partial charge in [-0.25, -0.2) is 8.78 Å². The van der Waals surface area contributed by atoms with Crippen molar-refractivity contribution in [2.24, 2.45) is 11.7 Å². The van der Waals surface area contributed by atoms with Gasteiger partial charge >= 0.3 is 5.97 Å². The van der Waals surface area contributed by atoms with Crippen LogP contribution in [0.2, 0.25) is 0 Å². The van der Waals surface area contributed by atoms with E-state index in [1.54, 1.807) is 6.92 Å². The number of halogens is 3. The first-order valence-electron chi connectivity index (χ1n) is 5.39. The number of nitrogens with two attached hydrogens (primary N) is 1. The van der Waals surface area contributed by atoms with Gasteiger partial charge in [-0.05, 0) is 31.0 Å². The van der Waals surface area contributed by atoms with Gasteiger partial charge < -0.3 is 10.5 Å². The van der Waals surface area contributed by atoms with Crippen LogP contribution < -0.4 is 5.73 Å². The van der Waals surface area contributed by atoms with Crippen molar-refractivity contribution in [2.75, 3.05) is 13.2 Å². The highest BCUT2D eigenvalue weighted by molar-refractivity contribution is 5.85. The Morgan fingerprint density at radius 2 is 2.06 bits per heavy atom. The van der Waals surface area contributed by atoms with E-state index < -0.39 is 23.5 Å². The molecule has 1 aromatic carbocycles. The van der Waals surface area contributed by atoms with Crippen molar-refractivity contribution in [1.82, 2.24) is 0 Å². The molecule has 18 heavy (non-hydrogen) atoms. The first-order valence-corrected chi connectivity index (χ1v) is 5.39. The molecule has 6 heteroatoms. The van der Waals surface area contributed by atoms with E-state index in [9.17, 15) is 13.6 Å². The van der Waals surface area contributed by atoms with Gasteiger partial charge in [0.1, 0.15) is 0 Å². The zero-order chi connectivity index (χ0) is 12.8. The molecule has 0 heterocycles. The van der Waals surface area contributed by atoms with E-state index in [-0.39, 0.29) is 32.0 Å². The lowest BCUT2D eigenvalue weighted by atomic mass is 9.99. The molecule has 1 aromatic rings. The molecule has 3 nitrogen and oxygen atoms in total. The molecule has 0 bridgehead atoms. The van der Waals surface area contributed by atoms with E-state index in [0.717, 1.165) is 12.1 Å². The molecule has 102 valence electrons. The van der Waals surface area contributed by atoms with E-state index in [4.69, 9.17) is 10.5 Å². The molecule has 0 fully saturated rings. The average molecular weight is 280 g/mol. The van der Waals surface area contributed by atoms with Crippen LogP contribution in [-0.4, -0.2) is 19.1 Å². The Bertz CT molecular complexity index is 402. The third-order valence-corrected chi connectivity index (χ3v) is 2.37. The Balaban J connectivity index is 0.00000289. The fourth-order valence-electron chi connectivity index (χ4n) is 1.47. The molecule has 0 radical (unpaired) electrons. The van der Waals surface area contributed by atoms with E-state index in [2.05, 4.69) is 0 Å². The lowest BCUT2D eigenvalue weighted by Gasteiger charge is -2.13. The number of esters is 1. The van der Waals surface area contributed by atoms with E-state index in [1.807, 2.05) is 0 Å². The van der Waals surface area contributed by atoms with Gasteiger partial charge in [-0.2, -0.15) is 0 Å². The standard InChI is InChI=1S/C12H15F2NO2.ClH/c1-2-17-12(16)9(7-15)5-8-3-4-10(13)11(14)6-8;/h3-4,6,9H,2,5,7,15H2,1H3;1H. The molecule has 1 atom stereocenters. The quantitative estimate of drug-likeness (QED) is 0.840. The molecule has 2 N–H and O–H groups in total. The molecule has 1 unspecified atom stereocenters. The van der Waals surface area contributed by atoms with Gasteiger partial charge in [0.05, 0.1) is 12.5 Å². The minimum absolute atomic E-state index is 0. The fourth-order valence-corrected chi connectivity index (χ4v) is 1.47. The van der Waals surface area contributed by atoms with Gasteiger partial charge in [0, 0.05) is 6.54 Å². The van der Waals surface area contributed by atoms with Gasteiger partial charge in [0.25, 0.3) is 0 Å². The highest BCUT2D eigenvalue weighted by Crippen LogP contribution is 2.13. The molecular weight excluding hydrogens is 264 g/mol. The Hall–Kier alpha value is -1.20. The van der Waals surface area contributed by atoms with Crippen LogP contribution in [0, 0.1) is 17.6 Å². The van der Waals surface area contributed by atoms with Crippen molar-refractivity contribution < 1.29 is 18.3 Å². The van der Waals surface area contributed by atoms with Gasteiger partial charge in [0.15, 0.2) is 11.6 Å². The van der Waals surface area contributed by atoms with Crippen LogP contribution >= 0.6 is 12.4 Å². The summed E-state index contributed by atoms with van der Waals surface area (Å²) in [5.41, 5.74) is 5.97. The zero-order valence-corrected chi connectivity index (χ0v) is 10.8. The average Bonchev–Trinajstić information content (AvgIpc) is 2.30. The summed E-state index contributed by atoms with van der Waals surface area (Å²) in [5.74, 6) is -2.78. The van der Waals surface area contributed by atoms with Crippen molar-refractivity contribution in [3.63, 3.8) is 0 Å². The second-order valence-electron chi connectivity index (χ2n) is 3.64. The maximum Gasteiger partial charge on any atom is 0.310 e. The number of carbonyl (C=O) groups excluding carboxylic acids is 1. The molecule has 1 rings (SSSR count). The highest BCUT2D eigenvalue weighted by atomic mass is 35.5. The first-order chi connectivity index (χ1) is 8.08. The number of rotatable bonds is 5. The van der Waals surface area contributed by atoms with Crippen molar-refractivity contribution in [2.45, 2.75) is 13.3 Å². The lowest BCUT2D eigenvalue weighted by molar-refractivity contribution is -0.147. The minimum atomic E-state index is -0.929. The Labute approximate surface area is 111 Å². The van der Waals surface area contributed by atoms with Crippen LogP contribution in [0.25, 0.3) is 0 Å². The van der Waals surface area contributed by atoms with Crippen molar-refractivity contribution >= 4 is 18.4 Å². The van der Waals surface area contributed by atoms with Crippen molar-refractivity contribution in [1.29, 1.82) is 0 Å². The molecule has 0 saturated carbocycles. The maximum atomic E-state index is 13.0. The topological polar surface area (TPSA) is 52.3 Å². The summed E-state index contributed by atoms with van der Waals surface area (Å²) in [6, 6.07) is 3.53. The number of ether oxygens (including phenoxy) is 1. The highest BCUT2D eigenvalue weighted by Gasteiger charge is 2.19. The van der Waals surface area contributed by atoms with Crippen LogP contribution in [0.15, 0.2) is 18.2 Å². The minimum Gasteiger partial charge on any atom is -0.466 e. The van der Waals surface area contributed by atoms with Gasteiger partial charge in [-0.15, -0.1) is 12.4 Å². The molecule has 0 spiro atoms. The number of hydrogen-bond donors (Lipinski definition) is 1. The first kappa shape index (κ1) is 16.8. The normalized spacial score (nSPS) is 11.6. The van der Waals surface area contributed by atoms with Gasteiger partial charge in [-0.3, -0.25) is 4.79 Å². The van der Waals surface area contributed by atoms with Gasteiger partial charge in [0.2, 0.25) is 0 Å². The molecule has 0 aliphatic carbocycles. The summed E-state index contributed by atoms with van der Waals surface area (Å²) < 4.78 is 30.5. The molecule has 0 saturated heterocycles. The number of benzene rings is 1. The summed E-state index contributed by atoms with van der Waals surface area (Å²) >= 11 is 0. The van der Waals surface area contributed by atoms with Crippen molar-refractivity contribution in [3.8, 4) is 0 Å². The Morgan fingerprint density at radius 3 is 2.56 bits per heavy atom. The van der Waals surface area contributed by atoms with Crippen molar-refractivity contribution in [3.05, 3.63) is 35.4 Å². The smallest absolute Gasteiger partial charge is 0.310 e. The lowest BCUT2D eigenvalue weighted by Crippen LogP contribution is -2.27.